The van der Waals surface area contributed by atoms with E-state index in [1.54, 1.807) is 7.11 Å². The van der Waals surface area contributed by atoms with Crippen LogP contribution in [-0.2, 0) is 15.1 Å². The van der Waals surface area contributed by atoms with Crippen LogP contribution in [0.15, 0.2) is 30.3 Å². The Balaban J connectivity index is 2.44. The van der Waals surface area contributed by atoms with Gasteiger partial charge in [-0.1, -0.05) is 30.3 Å². The molecule has 1 aliphatic heterocycles. The maximum atomic E-state index is 12.0. The lowest BCUT2D eigenvalue weighted by atomic mass is 9.91. The Morgan fingerprint density at radius 1 is 1.38 bits per heavy atom. The zero-order chi connectivity index (χ0) is 11.6. The normalized spacial score (nSPS) is 24.1. The lowest BCUT2D eigenvalue weighted by Gasteiger charge is -2.25. The summed E-state index contributed by atoms with van der Waals surface area (Å²) in [6.07, 6.45) is 0. The number of methoxy groups -OCH3 is 1. The first kappa shape index (κ1) is 11.0. The molecule has 0 spiro atoms. The first-order valence-electron chi connectivity index (χ1n) is 4.87. The van der Waals surface area contributed by atoms with Crippen molar-refractivity contribution in [1.82, 2.24) is 10.6 Å². The van der Waals surface area contributed by atoms with Crippen molar-refractivity contribution in [3.05, 3.63) is 35.9 Å². The number of carbonyl (C=O) groups is 1. The maximum absolute atomic E-state index is 12.0. The zero-order valence-electron chi connectivity index (χ0n) is 8.82. The van der Waals surface area contributed by atoms with Gasteiger partial charge in [0.15, 0.2) is 10.7 Å². The SMILES string of the molecule is COCC1(c2ccccc2)NC(=S)NC1=O. The van der Waals surface area contributed by atoms with Crippen LogP contribution in [0.4, 0.5) is 0 Å². The maximum Gasteiger partial charge on any atom is 0.258 e. The topological polar surface area (TPSA) is 50.4 Å². The van der Waals surface area contributed by atoms with E-state index in [1.165, 1.54) is 0 Å². The molecule has 1 heterocycles. The first-order valence-corrected chi connectivity index (χ1v) is 5.28. The highest BCUT2D eigenvalue weighted by molar-refractivity contribution is 7.80. The van der Waals surface area contributed by atoms with Crippen molar-refractivity contribution in [3.8, 4) is 0 Å². The molecule has 0 aromatic heterocycles. The van der Waals surface area contributed by atoms with Crippen molar-refractivity contribution in [2.24, 2.45) is 0 Å². The third-order valence-corrected chi connectivity index (χ3v) is 2.77. The molecule has 1 aliphatic rings. The smallest absolute Gasteiger partial charge is 0.258 e. The number of benzene rings is 1. The van der Waals surface area contributed by atoms with Crippen molar-refractivity contribution in [1.29, 1.82) is 0 Å². The average Bonchev–Trinajstić information content (AvgIpc) is 2.57. The Labute approximate surface area is 99.0 Å². The molecule has 1 atom stereocenters. The summed E-state index contributed by atoms with van der Waals surface area (Å²) in [6.45, 7) is 0.239. The van der Waals surface area contributed by atoms with E-state index in [4.69, 9.17) is 17.0 Å². The zero-order valence-corrected chi connectivity index (χ0v) is 9.64. The van der Waals surface area contributed by atoms with Crippen molar-refractivity contribution < 1.29 is 9.53 Å². The third kappa shape index (κ3) is 1.68. The molecule has 84 valence electrons. The van der Waals surface area contributed by atoms with Gasteiger partial charge in [-0.25, -0.2) is 0 Å². The van der Waals surface area contributed by atoms with E-state index in [0.29, 0.717) is 5.11 Å². The number of hydrogen-bond acceptors (Lipinski definition) is 3. The van der Waals surface area contributed by atoms with E-state index in [-0.39, 0.29) is 12.5 Å². The van der Waals surface area contributed by atoms with Crippen LogP contribution in [0.5, 0.6) is 0 Å². The molecule has 0 saturated carbocycles. The second kappa shape index (κ2) is 4.19. The van der Waals surface area contributed by atoms with E-state index >= 15 is 0 Å². The summed E-state index contributed by atoms with van der Waals surface area (Å²) in [5.41, 5.74) is -0.0539. The highest BCUT2D eigenvalue weighted by atomic mass is 32.1. The standard InChI is InChI=1S/C11H12N2O2S/c1-15-7-11(8-5-3-2-4-6-8)9(14)12-10(16)13-11/h2-6H,7H2,1H3,(H2,12,13,14,16). The van der Waals surface area contributed by atoms with Gasteiger partial charge in [0.25, 0.3) is 5.91 Å². The monoisotopic (exact) mass is 236 g/mol. The Morgan fingerprint density at radius 3 is 2.56 bits per heavy atom. The molecule has 2 rings (SSSR count). The van der Waals surface area contributed by atoms with Crippen LogP contribution < -0.4 is 10.6 Å². The van der Waals surface area contributed by atoms with Gasteiger partial charge in [0.2, 0.25) is 0 Å². The fraction of sp³-hybridized carbons (Fsp3) is 0.273. The summed E-state index contributed by atoms with van der Waals surface area (Å²) < 4.78 is 5.12. The Morgan fingerprint density at radius 2 is 2.06 bits per heavy atom. The predicted octanol–water partition coefficient (Wildman–Crippen LogP) is 0.533. The molecule has 1 amide bonds. The van der Waals surface area contributed by atoms with Crippen LogP contribution in [-0.4, -0.2) is 24.7 Å². The molecule has 0 aliphatic carbocycles. The van der Waals surface area contributed by atoms with E-state index in [2.05, 4.69) is 10.6 Å². The number of thiocarbonyl (C=S) groups is 1. The Hall–Kier alpha value is -1.46. The molecule has 2 N–H and O–H groups in total. The molecule has 5 heteroatoms. The van der Waals surface area contributed by atoms with E-state index in [1.807, 2.05) is 30.3 Å². The van der Waals surface area contributed by atoms with E-state index < -0.39 is 5.54 Å². The van der Waals surface area contributed by atoms with Gasteiger partial charge in [-0.3, -0.25) is 4.79 Å². The van der Waals surface area contributed by atoms with Gasteiger partial charge in [0.05, 0.1) is 6.61 Å². The molecular weight excluding hydrogens is 224 g/mol. The summed E-state index contributed by atoms with van der Waals surface area (Å²) in [6, 6.07) is 9.40. The van der Waals surface area contributed by atoms with Crippen LogP contribution in [0.25, 0.3) is 0 Å². The van der Waals surface area contributed by atoms with Crippen LogP contribution in [0.2, 0.25) is 0 Å². The van der Waals surface area contributed by atoms with Gasteiger partial charge in [-0.2, -0.15) is 0 Å². The Bertz CT molecular complexity index is 421. The lowest BCUT2D eigenvalue weighted by Crippen LogP contribution is -2.47. The second-order valence-corrected chi connectivity index (χ2v) is 4.02. The number of hydrogen-bond donors (Lipinski definition) is 2. The van der Waals surface area contributed by atoms with Gasteiger partial charge in [-0.15, -0.1) is 0 Å². The predicted molar refractivity (Wildman–Crippen MR) is 63.9 cm³/mol. The molecule has 4 nitrogen and oxygen atoms in total. The van der Waals surface area contributed by atoms with Crippen molar-refractivity contribution in [2.45, 2.75) is 5.54 Å². The van der Waals surface area contributed by atoms with Gasteiger partial charge in [-0.05, 0) is 17.8 Å². The van der Waals surface area contributed by atoms with Crippen LogP contribution in [0.3, 0.4) is 0 Å². The summed E-state index contributed by atoms with van der Waals surface area (Å²) >= 11 is 4.96. The van der Waals surface area contributed by atoms with Gasteiger partial charge >= 0.3 is 0 Å². The first-order chi connectivity index (χ1) is 7.69. The fourth-order valence-electron chi connectivity index (χ4n) is 1.82. The van der Waals surface area contributed by atoms with Crippen molar-refractivity contribution >= 4 is 23.2 Å². The minimum Gasteiger partial charge on any atom is -0.381 e. The summed E-state index contributed by atoms with van der Waals surface area (Å²) in [5.74, 6) is -0.175. The third-order valence-electron chi connectivity index (χ3n) is 2.57. The highest BCUT2D eigenvalue weighted by Crippen LogP contribution is 2.25. The number of nitrogens with one attached hydrogen (secondary N) is 2. The molecule has 0 radical (unpaired) electrons. The Kier molecular flexibility index (Phi) is 2.89. The van der Waals surface area contributed by atoms with Crippen LogP contribution >= 0.6 is 12.2 Å². The second-order valence-electron chi connectivity index (χ2n) is 3.61. The minimum atomic E-state index is -0.896. The van der Waals surface area contributed by atoms with Gasteiger partial charge in [0, 0.05) is 7.11 Å². The molecule has 1 aromatic carbocycles. The number of amides is 1. The molecular formula is C11H12N2O2S. The summed E-state index contributed by atoms with van der Waals surface area (Å²) in [7, 11) is 1.56. The quantitative estimate of drug-likeness (QED) is 0.752. The number of carbonyl (C=O) groups excluding carboxylic acids is 1. The molecule has 1 unspecified atom stereocenters. The van der Waals surface area contributed by atoms with Gasteiger partial charge < -0.3 is 15.4 Å². The lowest BCUT2D eigenvalue weighted by molar-refractivity contribution is -0.126. The highest BCUT2D eigenvalue weighted by Gasteiger charge is 2.46. The van der Waals surface area contributed by atoms with Crippen molar-refractivity contribution in [2.75, 3.05) is 13.7 Å². The van der Waals surface area contributed by atoms with Crippen LogP contribution in [0.1, 0.15) is 5.56 Å². The number of rotatable bonds is 3. The number of ether oxygens (including phenoxy) is 1. The molecule has 1 aromatic rings. The molecule has 1 saturated heterocycles. The molecule has 16 heavy (non-hydrogen) atoms. The summed E-state index contributed by atoms with van der Waals surface area (Å²) in [4.78, 5) is 12.0. The van der Waals surface area contributed by atoms with Crippen molar-refractivity contribution in [3.63, 3.8) is 0 Å². The minimum absolute atomic E-state index is 0.175. The van der Waals surface area contributed by atoms with Crippen LogP contribution in [0, 0.1) is 0 Å². The largest absolute Gasteiger partial charge is 0.381 e. The fourth-order valence-corrected chi connectivity index (χ4v) is 2.09. The molecule has 0 bridgehead atoms. The van der Waals surface area contributed by atoms with E-state index in [0.717, 1.165) is 5.56 Å². The molecule has 1 fully saturated rings. The summed E-state index contributed by atoms with van der Waals surface area (Å²) in [5, 5.41) is 5.91. The van der Waals surface area contributed by atoms with E-state index in [9.17, 15) is 4.79 Å². The average molecular weight is 236 g/mol. The van der Waals surface area contributed by atoms with Gasteiger partial charge in [0.1, 0.15) is 0 Å².